The van der Waals surface area contributed by atoms with E-state index in [2.05, 4.69) is 6.58 Å². The number of carboxylic acid groups (broad SMARTS) is 1. The van der Waals surface area contributed by atoms with Crippen LogP contribution in [-0.2, 0) is 4.79 Å². The zero-order valence-electron chi connectivity index (χ0n) is 7.53. The molecule has 1 aliphatic heterocycles. The van der Waals surface area contributed by atoms with Crippen LogP contribution < -0.4 is 0 Å². The number of rotatable bonds is 1. The Labute approximate surface area is 76.1 Å². The Hall–Kier alpha value is -1.71. The minimum absolute atomic E-state index is 0.134. The first-order chi connectivity index (χ1) is 5.95. The van der Waals surface area contributed by atoms with Gasteiger partial charge in [-0.25, -0.2) is 4.79 Å². The highest BCUT2D eigenvalue weighted by Gasteiger charge is 2.24. The van der Waals surface area contributed by atoms with Crippen LogP contribution in [0.4, 0.5) is 0 Å². The van der Waals surface area contributed by atoms with E-state index in [0.717, 1.165) is 5.70 Å². The maximum absolute atomic E-state index is 10.7. The van der Waals surface area contributed by atoms with Gasteiger partial charge in [0, 0.05) is 18.3 Å². The fourth-order valence-corrected chi connectivity index (χ4v) is 1.15. The zero-order valence-corrected chi connectivity index (χ0v) is 7.53. The molecule has 4 nitrogen and oxygen atoms in total. The fraction of sp³-hybridized carbons (Fsp3) is 0.222. The van der Waals surface area contributed by atoms with Crippen LogP contribution in [0.1, 0.15) is 6.92 Å². The molecule has 0 aromatic heterocycles. The summed E-state index contributed by atoms with van der Waals surface area (Å²) in [6.45, 7) is 5.29. The minimum Gasteiger partial charge on any atom is -0.505 e. The van der Waals surface area contributed by atoms with E-state index in [1.165, 1.54) is 4.90 Å². The Morgan fingerprint density at radius 3 is 2.62 bits per heavy atom. The summed E-state index contributed by atoms with van der Waals surface area (Å²) in [6, 6.07) is 0. The molecule has 13 heavy (non-hydrogen) atoms. The Kier molecular flexibility index (Phi) is 2.14. The number of hydrogen-bond acceptors (Lipinski definition) is 3. The van der Waals surface area contributed by atoms with E-state index in [1.54, 1.807) is 20.0 Å². The van der Waals surface area contributed by atoms with Gasteiger partial charge in [0.05, 0.1) is 0 Å². The molecule has 0 saturated heterocycles. The highest BCUT2D eigenvalue weighted by molar-refractivity contribution is 5.88. The molecule has 0 atom stereocenters. The van der Waals surface area contributed by atoms with E-state index >= 15 is 0 Å². The van der Waals surface area contributed by atoms with Crippen LogP contribution in [-0.4, -0.2) is 28.1 Å². The molecule has 0 amide bonds. The molecule has 0 bridgehead atoms. The van der Waals surface area contributed by atoms with E-state index in [1.807, 2.05) is 0 Å². The summed E-state index contributed by atoms with van der Waals surface area (Å²) in [5.41, 5.74) is 0.929. The summed E-state index contributed by atoms with van der Waals surface area (Å²) in [6.07, 6.45) is 1.63. The van der Waals surface area contributed by atoms with E-state index in [9.17, 15) is 9.90 Å². The summed E-state index contributed by atoms with van der Waals surface area (Å²) < 4.78 is 0. The average molecular weight is 181 g/mol. The molecular formula is C9H11NO3. The molecule has 4 heteroatoms. The SMILES string of the molecule is C=C1C=C(C)N(C)C(C(=O)O)=C1O. The van der Waals surface area contributed by atoms with Crippen molar-refractivity contribution >= 4 is 5.97 Å². The number of carboxylic acids is 1. The molecule has 0 fully saturated rings. The first kappa shape index (κ1) is 9.38. The Bertz CT molecular complexity index is 339. The number of aliphatic carboxylic acids is 1. The monoisotopic (exact) mass is 181 g/mol. The number of aliphatic hydroxyl groups is 1. The van der Waals surface area contributed by atoms with Crippen molar-refractivity contribution in [1.82, 2.24) is 4.90 Å². The molecule has 0 aromatic carbocycles. The van der Waals surface area contributed by atoms with Gasteiger partial charge in [0.1, 0.15) is 0 Å². The second kappa shape index (κ2) is 2.97. The summed E-state index contributed by atoms with van der Waals surface area (Å²) in [5, 5.41) is 18.2. The van der Waals surface area contributed by atoms with Gasteiger partial charge < -0.3 is 15.1 Å². The molecule has 0 aromatic rings. The molecule has 1 aliphatic rings. The van der Waals surface area contributed by atoms with Crippen LogP contribution in [0.25, 0.3) is 0 Å². The van der Waals surface area contributed by atoms with Crippen LogP contribution in [0.15, 0.2) is 35.4 Å². The molecule has 0 unspecified atom stereocenters. The van der Waals surface area contributed by atoms with Crippen molar-refractivity contribution in [1.29, 1.82) is 0 Å². The van der Waals surface area contributed by atoms with Crippen LogP contribution in [0, 0.1) is 0 Å². The predicted molar refractivity (Wildman–Crippen MR) is 48.0 cm³/mol. The number of nitrogens with zero attached hydrogens (tertiary/aromatic N) is 1. The van der Waals surface area contributed by atoms with E-state index in [-0.39, 0.29) is 11.5 Å². The molecule has 1 rings (SSSR count). The summed E-state index contributed by atoms with van der Waals surface area (Å²) >= 11 is 0. The van der Waals surface area contributed by atoms with E-state index in [4.69, 9.17) is 5.11 Å². The lowest BCUT2D eigenvalue weighted by molar-refractivity contribution is -0.134. The second-order valence-corrected chi connectivity index (χ2v) is 2.87. The number of hydrogen-bond donors (Lipinski definition) is 2. The van der Waals surface area contributed by atoms with Gasteiger partial charge in [0.15, 0.2) is 11.5 Å². The fourth-order valence-electron chi connectivity index (χ4n) is 1.15. The molecule has 70 valence electrons. The number of aliphatic hydroxyl groups excluding tert-OH is 1. The predicted octanol–water partition coefficient (Wildman–Crippen LogP) is 1.25. The third kappa shape index (κ3) is 1.42. The lowest BCUT2D eigenvalue weighted by Gasteiger charge is -2.25. The quantitative estimate of drug-likeness (QED) is 0.639. The van der Waals surface area contributed by atoms with Gasteiger partial charge in [-0.2, -0.15) is 0 Å². The first-order valence-electron chi connectivity index (χ1n) is 3.73. The van der Waals surface area contributed by atoms with Crippen molar-refractivity contribution in [3.8, 4) is 0 Å². The van der Waals surface area contributed by atoms with Crippen molar-refractivity contribution in [3.05, 3.63) is 35.4 Å². The number of allylic oxidation sites excluding steroid dienone is 2. The summed E-state index contributed by atoms with van der Waals surface area (Å²) in [7, 11) is 1.58. The van der Waals surface area contributed by atoms with Gasteiger partial charge in [0.2, 0.25) is 0 Å². The van der Waals surface area contributed by atoms with Gasteiger partial charge >= 0.3 is 5.97 Å². The van der Waals surface area contributed by atoms with Crippen LogP contribution in [0.3, 0.4) is 0 Å². The van der Waals surface area contributed by atoms with Crippen molar-refractivity contribution in [3.63, 3.8) is 0 Å². The zero-order chi connectivity index (χ0) is 10.2. The number of likely N-dealkylation sites (N-methyl/N-ethyl adjacent to an activating group) is 1. The van der Waals surface area contributed by atoms with Gasteiger partial charge in [-0.05, 0) is 13.0 Å². The Balaban J connectivity index is 3.22. The van der Waals surface area contributed by atoms with Gasteiger partial charge in [0.25, 0.3) is 0 Å². The van der Waals surface area contributed by atoms with Crippen LogP contribution in [0.2, 0.25) is 0 Å². The molecule has 0 spiro atoms. The molecule has 1 heterocycles. The van der Waals surface area contributed by atoms with Gasteiger partial charge in [-0.1, -0.05) is 6.58 Å². The van der Waals surface area contributed by atoms with Gasteiger partial charge in [-0.15, -0.1) is 0 Å². The Morgan fingerprint density at radius 1 is 1.62 bits per heavy atom. The van der Waals surface area contributed by atoms with Gasteiger partial charge in [-0.3, -0.25) is 0 Å². The average Bonchev–Trinajstić information content (AvgIpc) is 2.01. The third-order valence-electron chi connectivity index (χ3n) is 1.98. The third-order valence-corrected chi connectivity index (χ3v) is 1.98. The molecular weight excluding hydrogens is 170 g/mol. The maximum Gasteiger partial charge on any atom is 0.356 e. The standard InChI is InChI=1S/C9H11NO3/c1-5-4-6(2)10(3)7(8(5)11)9(12)13/h4,11H,1H2,2-3H3,(H,12,13). The number of carbonyl (C=O) groups is 1. The largest absolute Gasteiger partial charge is 0.505 e. The van der Waals surface area contributed by atoms with Crippen LogP contribution in [0.5, 0.6) is 0 Å². The topological polar surface area (TPSA) is 60.8 Å². The van der Waals surface area contributed by atoms with Crippen LogP contribution >= 0.6 is 0 Å². The highest BCUT2D eigenvalue weighted by Crippen LogP contribution is 2.24. The molecule has 0 radical (unpaired) electrons. The van der Waals surface area contributed by atoms with Crippen molar-refractivity contribution < 1.29 is 15.0 Å². The molecule has 0 saturated carbocycles. The van der Waals surface area contributed by atoms with Crippen molar-refractivity contribution in [2.24, 2.45) is 0 Å². The highest BCUT2D eigenvalue weighted by atomic mass is 16.4. The normalized spacial score (nSPS) is 17.5. The molecule has 2 N–H and O–H groups in total. The van der Waals surface area contributed by atoms with Crippen molar-refractivity contribution in [2.75, 3.05) is 7.05 Å². The minimum atomic E-state index is -1.16. The second-order valence-electron chi connectivity index (χ2n) is 2.87. The van der Waals surface area contributed by atoms with E-state index < -0.39 is 5.97 Å². The summed E-state index contributed by atoms with van der Waals surface area (Å²) in [4.78, 5) is 12.1. The van der Waals surface area contributed by atoms with Crippen molar-refractivity contribution in [2.45, 2.75) is 6.92 Å². The Morgan fingerprint density at radius 2 is 2.15 bits per heavy atom. The lowest BCUT2D eigenvalue weighted by Crippen LogP contribution is -2.26. The maximum atomic E-state index is 10.7. The summed E-state index contributed by atoms with van der Waals surface area (Å²) in [5.74, 6) is -1.44. The smallest absolute Gasteiger partial charge is 0.356 e. The van der Waals surface area contributed by atoms with E-state index in [0.29, 0.717) is 5.57 Å². The lowest BCUT2D eigenvalue weighted by atomic mass is 10.1. The first-order valence-corrected chi connectivity index (χ1v) is 3.73. The molecule has 0 aliphatic carbocycles.